The molecule has 2 amide bonds. The number of hydrogen-bond acceptors (Lipinski definition) is 3. The largest absolute Gasteiger partial charge is 0.351 e. The van der Waals surface area contributed by atoms with Crippen molar-refractivity contribution in [3.63, 3.8) is 0 Å². The van der Waals surface area contributed by atoms with Crippen molar-refractivity contribution in [2.24, 2.45) is 5.92 Å². The van der Waals surface area contributed by atoms with Crippen LogP contribution in [0, 0.1) is 5.92 Å². The average molecular weight is 380 g/mol. The number of amides is 2. The van der Waals surface area contributed by atoms with E-state index in [9.17, 15) is 9.59 Å². The maximum absolute atomic E-state index is 12.3. The van der Waals surface area contributed by atoms with E-state index in [1.165, 1.54) is 25.7 Å². The molecule has 148 valence electrons. The first kappa shape index (κ1) is 18.7. The summed E-state index contributed by atoms with van der Waals surface area (Å²) in [5.74, 6) is 0.716. The third-order valence-corrected chi connectivity index (χ3v) is 5.86. The molecule has 2 heterocycles. The Bertz CT molecular complexity index is 801. The molecule has 1 aliphatic heterocycles. The van der Waals surface area contributed by atoms with Crippen LogP contribution in [0.5, 0.6) is 0 Å². The second-order valence-corrected chi connectivity index (χ2v) is 8.03. The first-order chi connectivity index (χ1) is 13.7. The van der Waals surface area contributed by atoms with Gasteiger partial charge in [0.2, 0.25) is 5.91 Å². The first-order valence-corrected chi connectivity index (χ1v) is 10.4. The Morgan fingerprint density at radius 1 is 1.14 bits per heavy atom. The number of nitrogens with one attached hydrogen (secondary N) is 2. The fraction of sp³-hybridized carbons (Fsp3) is 0.500. The van der Waals surface area contributed by atoms with E-state index in [2.05, 4.69) is 15.7 Å². The number of fused-ring (bicyclic) bond motifs is 1. The molecule has 1 unspecified atom stereocenters. The quantitative estimate of drug-likeness (QED) is 0.775. The molecule has 1 aromatic heterocycles. The normalized spacial score (nSPS) is 18.8. The summed E-state index contributed by atoms with van der Waals surface area (Å²) in [5.41, 5.74) is 2.51. The Labute approximate surface area is 165 Å². The second-order valence-electron chi connectivity index (χ2n) is 8.03. The van der Waals surface area contributed by atoms with E-state index >= 15 is 0 Å². The maximum atomic E-state index is 12.3. The minimum absolute atomic E-state index is 0.0833. The molecule has 4 rings (SSSR count). The number of nitrogens with zero attached hydrogens (tertiary/aromatic N) is 2. The van der Waals surface area contributed by atoms with Gasteiger partial charge in [0.15, 0.2) is 0 Å². The van der Waals surface area contributed by atoms with Crippen molar-refractivity contribution in [3.8, 4) is 0 Å². The Morgan fingerprint density at radius 2 is 1.93 bits per heavy atom. The SMILES string of the molecule is O=C(CCC1CCCC1)NC1Cc2cc(C(=O)NCc3ccccc3)nn2C1. The van der Waals surface area contributed by atoms with Crippen molar-refractivity contribution < 1.29 is 9.59 Å². The van der Waals surface area contributed by atoms with E-state index in [1.807, 2.05) is 41.1 Å². The third kappa shape index (κ3) is 4.61. The highest BCUT2D eigenvalue weighted by molar-refractivity contribution is 5.92. The lowest BCUT2D eigenvalue weighted by atomic mass is 10.0. The topological polar surface area (TPSA) is 76.0 Å². The zero-order valence-corrected chi connectivity index (χ0v) is 16.2. The molecule has 0 spiro atoms. The number of carbonyl (C=O) groups is 2. The molecule has 6 nitrogen and oxygen atoms in total. The predicted molar refractivity (Wildman–Crippen MR) is 107 cm³/mol. The summed E-state index contributed by atoms with van der Waals surface area (Å²) in [7, 11) is 0. The van der Waals surface area contributed by atoms with E-state index in [0.29, 0.717) is 25.2 Å². The Balaban J connectivity index is 1.23. The number of hydrogen-bond donors (Lipinski definition) is 2. The average Bonchev–Trinajstić information content (AvgIpc) is 3.42. The van der Waals surface area contributed by atoms with Gasteiger partial charge in [0.05, 0.1) is 12.6 Å². The van der Waals surface area contributed by atoms with Crippen LogP contribution >= 0.6 is 0 Å². The zero-order valence-electron chi connectivity index (χ0n) is 16.2. The molecule has 2 N–H and O–H groups in total. The van der Waals surface area contributed by atoms with E-state index < -0.39 is 0 Å². The van der Waals surface area contributed by atoms with Crippen LogP contribution < -0.4 is 10.6 Å². The minimum atomic E-state index is -0.164. The van der Waals surface area contributed by atoms with Gasteiger partial charge in [-0.25, -0.2) is 0 Å². The van der Waals surface area contributed by atoms with Crippen molar-refractivity contribution in [2.75, 3.05) is 0 Å². The summed E-state index contributed by atoms with van der Waals surface area (Å²) in [4.78, 5) is 24.6. The lowest BCUT2D eigenvalue weighted by Crippen LogP contribution is -2.36. The van der Waals surface area contributed by atoms with Crippen LogP contribution in [-0.2, 0) is 24.3 Å². The molecule has 0 saturated heterocycles. The predicted octanol–water partition coefficient (Wildman–Crippen LogP) is 2.82. The highest BCUT2D eigenvalue weighted by Gasteiger charge is 2.26. The first-order valence-electron chi connectivity index (χ1n) is 10.4. The van der Waals surface area contributed by atoms with Crippen LogP contribution in [0.1, 0.15) is 60.3 Å². The van der Waals surface area contributed by atoms with Crippen LogP contribution in [0.25, 0.3) is 0 Å². The van der Waals surface area contributed by atoms with Gasteiger partial charge in [-0.05, 0) is 24.0 Å². The van der Waals surface area contributed by atoms with Gasteiger partial charge in [0, 0.05) is 25.1 Å². The number of rotatable bonds is 7. The van der Waals surface area contributed by atoms with Gasteiger partial charge in [-0.1, -0.05) is 56.0 Å². The molecule has 28 heavy (non-hydrogen) atoms. The molecule has 0 bridgehead atoms. The van der Waals surface area contributed by atoms with Crippen LogP contribution in [0.2, 0.25) is 0 Å². The standard InChI is InChI=1S/C22H28N4O2/c27-21(11-10-16-6-4-5-7-16)24-18-12-19-13-20(25-26(19)15-18)22(28)23-14-17-8-2-1-3-9-17/h1-3,8-9,13,16,18H,4-7,10-12,14-15H2,(H,23,28)(H,24,27). The summed E-state index contributed by atoms with van der Waals surface area (Å²) in [5, 5.41) is 10.5. The van der Waals surface area contributed by atoms with Gasteiger partial charge < -0.3 is 10.6 Å². The molecule has 2 aliphatic rings. The summed E-state index contributed by atoms with van der Waals surface area (Å²) < 4.78 is 1.85. The minimum Gasteiger partial charge on any atom is -0.351 e. The smallest absolute Gasteiger partial charge is 0.272 e. The maximum Gasteiger partial charge on any atom is 0.272 e. The van der Waals surface area contributed by atoms with Crippen LogP contribution in [0.4, 0.5) is 0 Å². The van der Waals surface area contributed by atoms with Crippen molar-refractivity contribution in [3.05, 3.63) is 53.3 Å². The molecular formula is C22H28N4O2. The molecule has 1 aromatic carbocycles. The fourth-order valence-electron chi connectivity index (χ4n) is 4.31. The Hall–Kier alpha value is -2.63. The van der Waals surface area contributed by atoms with Crippen molar-refractivity contribution in [1.29, 1.82) is 0 Å². The van der Waals surface area contributed by atoms with Gasteiger partial charge in [0.1, 0.15) is 5.69 Å². The number of benzene rings is 1. The Kier molecular flexibility index (Phi) is 5.74. The lowest BCUT2D eigenvalue weighted by molar-refractivity contribution is -0.122. The van der Waals surface area contributed by atoms with Crippen LogP contribution in [0.3, 0.4) is 0 Å². The van der Waals surface area contributed by atoms with Crippen molar-refractivity contribution >= 4 is 11.8 Å². The summed E-state index contributed by atoms with van der Waals surface area (Å²) in [6, 6.07) is 11.7. The number of carbonyl (C=O) groups excluding carboxylic acids is 2. The second kappa shape index (κ2) is 8.59. The Morgan fingerprint density at radius 3 is 2.68 bits per heavy atom. The van der Waals surface area contributed by atoms with Gasteiger partial charge in [-0.15, -0.1) is 0 Å². The molecular weight excluding hydrogens is 352 g/mol. The summed E-state index contributed by atoms with van der Waals surface area (Å²) in [6.07, 6.45) is 7.55. The van der Waals surface area contributed by atoms with E-state index in [0.717, 1.165) is 30.0 Å². The van der Waals surface area contributed by atoms with E-state index in [-0.39, 0.29) is 17.9 Å². The molecule has 1 fully saturated rings. The zero-order chi connectivity index (χ0) is 19.3. The molecule has 1 saturated carbocycles. The van der Waals surface area contributed by atoms with Crippen molar-refractivity contribution in [1.82, 2.24) is 20.4 Å². The summed E-state index contributed by atoms with van der Waals surface area (Å²) in [6.45, 7) is 1.12. The molecule has 1 atom stereocenters. The highest BCUT2D eigenvalue weighted by Crippen LogP contribution is 2.28. The third-order valence-electron chi connectivity index (χ3n) is 5.86. The van der Waals surface area contributed by atoms with E-state index in [4.69, 9.17) is 0 Å². The van der Waals surface area contributed by atoms with Gasteiger partial charge in [0.25, 0.3) is 5.91 Å². The highest BCUT2D eigenvalue weighted by atomic mass is 16.2. The van der Waals surface area contributed by atoms with Crippen LogP contribution in [0.15, 0.2) is 36.4 Å². The lowest BCUT2D eigenvalue weighted by Gasteiger charge is -2.13. The molecule has 1 aliphatic carbocycles. The van der Waals surface area contributed by atoms with Gasteiger partial charge in [-0.3, -0.25) is 14.3 Å². The molecule has 2 aromatic rings. The van der Waals surface area contributed by atoms with Crippen molar-refractivity contribution in [2.45, 2.75) is 64.1 Å². The van der Waals surface area contributed by atoms with Gasteiger partial charge in [-0.2, -0.15) is 5.10 Å². The fourth-order valence-corrected chi connectivity index (χ4v) is 4.31. The van der Waals surface area contributed by atoms with Gasteiger partial charge >= 0.3 is 0 Å². The van der Waals surface area contributed by atoms with Crippen LogP contribution in [-0.4, -0.2) is 27.6 Å². The monoisotopic (exact) mass is 380 g/mol. The number of aromatic nitrogens is 2. The summed E-state index contributed by atoms with van der Waals surface area (Å²) >= 11 is 0. The molecule has 6 heteroatoms. The molecule has 0 radical (unpaired) electrons. The van der Waals surface area contributed by atoms with E-state index in [1.54, 1.807) is 0 Å².